The highest BCUT2D eigenvalue weighted by molar-refractivity contribution is 6.31. The van der Waals surface area contributed by atoms with Crippen molar-refractivity contribution in [2.45, 2.75) is 19.3 Å². The Labute approximate surface area is 121 Å². The Hall–Kier alpha value is -2.12. The fraction of sp³-hybridized carbons (Fsp3) is 0.200. The minimum absolute atomic E-state index is 0.0367. The van der Waals surface area contributed by atoms with E-state index in [-0.39, 0.29) is 5.02 Å². The zero-order valence-electron chi connectivity index (χ0n) is 10.6. The Morgan fingerprint density at radius 3 is 2.90 bits per heavy atom. The van der Waals surface area contributed by atoms with Crippen molar-refractivity contribution in [3.05, 3.63) is 51.9 Å². The summed E-state index contributed by atoms with van der Waals surface area (Å²) in [7, 11) is 0. The number of benzene rings is 1. The van der Waals surface area contributed by atoms with E-state index in [1.807, 2.05) is 6.07 Å². The molecule has 0 bridgehead atoms. The molecule has 1 heterocycles. The van der Waals surface area contributed by atoms with E-state index in [0.717, 1.165) is 30.5 Å². The lowest BCUT2D eigenvalue weighted by molar-refractivity contribution is 0.628. The van der Waals surface area contributed by atoms with Gasteiger partial charge in [0, 0.05) is 11.4 Å². The molecule has 0 saturated carbocycles. The molecule has 0 atom stereocenters. The fourth-order valence-corrected chi connectivity index (χ4v) is 2.54. The van der Waals surface area contributed by atoms with E-state index in [1.54, 1.807) is 6.07 Å². The van der Waals surface area contributed by atoms with Gasteiger partial charge in [0.25, 0.3) is 0 Å². The van der Waals surface area contributed by atoms with Crippen LogP contribution in [0.1, 0.15) is 23.2 Å². The molecule has 3 rings (SSSR count). The molecule has 1 aliphatic carbocycles. The number of nitriles is 1. The van der Waals surface area contributed by atoms with Crippen molar-refractivity contribution in [3.8, 4) is 6.07 Å². The van der Waals surface area contributed by atoms with Gasteiger partial charge in [-0.2, -0.15) is 5.26 Å². The van der Waals surface area contributed by atoms with Gasteiger partial charge in [0.2, 0.25) is 0 Å². The van der Waals surface area contributed by atoms with Gasteiger partial charge < -0.3 is 5.32 Å². The van der Waals surface area contributed by atoms with E-state index < -0.39 is 5.82 Å². The highest BCUT2D eigenvalue weighted by Crippen LogP contribution is 2.28. The lowest BCUT2D eigenvalue weighted by atomic mass is 10.1. The molecule has 1 aromatic carbocycles. The third-order valence-electron chi connectivity index (χ3n) is 3.35. The first-order valence-corrected chi connectivity index (χ1v) is 6.70. The second kappa shape index (κ2) is 5.10. The summed E-state index contributed by atoms with van der Waals surface area (Å²) in [5.74, 6) is 0.0236. The van der Waals surface area contributed by atoms with Gasteiger partial charge in [-0.05, 0) is 49.1 Å². The van der Waals surface area contributed by atoms with Crippen molar-refractivity contribution in [1.29, 1.82) is 5.26 Å². The van der Waals surface area contributed by atoms with Gasteiger partial charge in [-0.3, -0.25) is 0 Å². The van der Waals surface area contributed by atoms with Crippen LogP contribution in [0, 0.1) is 17.1 Å². The minimum Gasteiger partial charge on any atom is -0.339 e. The second-order valence-corrected chi connectivity index (χ2v) is 5.12. The average Bonchev–Trinajstić information content (AvgIpc) is 2.89. The highest BCUT2D eigenvalue weighted by atomic mass is 35.5. The molecule has 5 heteroatoms. The van der Waals surface area contributed by atoms with Crippen LogP contribution in [0.15, 0.2) is 24.3 Å². The van der Waals surface area contributed by atoms with Crippen LogP contribution in [0.3, 0.4) is 0 Å². The van der Waals surface area contributed by atoms with Gasteiger partial charge in [0.05, 0.1) is 10.6 Å². The number of nitrogens with one attached hydrogen (secondary N) is 1. The molecule has 2 aromatic rings. The molecule has 0 fully saturated rings. The summed E-state index contributed by atoms with van der Waals surface area (Å²) in [6.07, 6.45) is 2.97. The van der Waals surface area contributed by atoms with Gasteiger partial charge >= 0.3 is 0 Å². The Morgan fingerprint density at radius 1 is 1.30 bits per heavy atom. The van der Waals surface area contributed by atoms with Crippen molar-refractivity contribution in [2.24, 2.45) is 0 Å². The molecule has 0 aliphatic heterocycles. The van der Waals surface area contributed by atoms with Gasteiger partial charge in [0.1, 0.15) is 17.7 Å². The van der Waals surface area contributed by atoms with Crippen LogP contribution in [0.4, 0.5) is 15.9 Å². The predicted molar refractivity (Wildman–Crippen MR) is 75.7 cm³/mol. The monoisotopic (exact) mass is 287 g/mol. The molecule has 1 aromatic heterocycles. The molecule has 0 saturated heterocycles. The normalized spacial score (nSPS) is 12.8. The number of hydrogen-bond donors (Lipinski definition) is 1. The maximum Gasteiger partial charge on any atom is 0.148 e. The maximum absolute atomic E-state index is 13.1. The zero-order valence-corrected chi connectivity index (χ0v) is 11.3. The lowest BCUT2D eigenvalue weighted by Gasteiger charge is -2.10. The van der Waals surface area contributed by atoms with Crippen molar-refractivity contribution in [2.75, 3.05) is 5.32 Å². The standard InChI is InChI=1S/C15H11ClFN3/c16-12-7-11(4-5-13(12)17)19-15-10(8-18)6-9-2-1-3-14(9)20-15/h4-7H,1-3H2,(H,19,20). The summed E-state index contributed by atoms with van der Waals surface area (Å²) in [5.41, 5.74) is 3.27. The largest absolute Gasteiger partial charge is 0.339 e. The van der Waals surface area contributed by atoms with E-state index in [1.165, 1.54) is 12.1 Å². The summed E-state index contributed by atoms with van der Waals surface area (Å²) in [4.78, 5) is 4.50. The SMILES string of the molecule is N#Cc1cc2c(nc1Nc1ccc(F)c(Cl)c1)CCC2. The first-order valence-electron chi connectivity index (χ1n) is 6.32. The van der Waals surface area contributed by atoms with Crippen molar-refractivity contribution in [3.63, 3.8) is 0 Å². The second-order valence-electron chi connectivity index (χ2n) is 4.71. The van der Waals surface area contributed by atoms with Crippen LogP contribution in [0.25, 0.3) is 0 Å². The van der Waals surface area contributed by atoms with Crippen LogP contribution >= 0.6 is 11.6 Å². The van der Waals surface area contributed by atoms with Crippen molar-refractivity contribution >= 4 is 23.1 Å². The van der Waals surface area contributed by atoms with Gasteiger partial charge in [-0.25, -0.2) is 9.37 Å². The maximum atomic E-state index is 13.1. The summed E-state index contributed by atoms with van der Waals surface area (Å²) in [5, 5.41) is 12.3. The number of rotatable bonds is 2. The third kappa shape index (κ3) is 2.33. The number of hydrogen-bond acceptors (Lipinski definition) is 3. The number of fused-ring (bicyclic) bond motifs is 1. The van der Waals surface area contributed by atoms with E-state index in [4.69, 9.17) is 11.6 Å². The summed E-state index contributed by atoms with van der Waals surface area (Å²) < 4.78 is 13.1. The van der Waals surface area contributed by atoms with E-state index in [0.29, 0.717) is 17.1 Å². The van der Waals surface area contributed by atoms with Crippen LogP contribution < -0.4 is 5.32 Å². The van der Waals surface area contributed by atoms with E-state index >= 15 is 0 Å². The molecule has 0 spiro atoms. The summed E-state index contributed by atoms with van der Waals surface area (Å²) in [6.45, 7) is 0. The molecule has 0 amide bonds. The molecule has 0 unspecified atom stereocenters. The lowest BCUT2D eigenvalue weighted by Crippen LogP contribution is -2.01. The van der Waals surface area contributed by atoms with Crippen molar-refractivity contribution < 1.29 is 4.39 Å². The number of aryl methyl sites for hydroxylation is 2. The highest BCUT2D eigenvalue weighted by Gasteiger charge is 2.16. The summed E-state index contributed by atoms with van der Waals surface area (Å²) >= 11 is 5.75. The number of pyridine rings is 1. The third-order valence-corrected chi connectivity index (χ3v) is 3.64. The number of nitrogens with zero attached hydrogens (tertiary/aromatic N) is 2. The molecule has 0 radical (unpaired) electrons. The van der Waals surface area contributed by atoms with E-state index in [2.05, 4.69) is 16.4 Å². The van der Waals surface area contributed by atoms with Gasteiger partial charge in [-0.1, -0.05) is 11.6 Å². The van der Waals surface area contributed by atoms with Crippen LogP contribution in [0.5, 0.6) is 0 Å². The summed E-state index contributed by atoms with van der Waals surface area (Å²) in [6, 6.07) is 8.34. The Balaban J connectivity index is 1.98. The topological polar surface area (TPSA) is 48.7 Å². The first kappa shape index (κ1) is 12.9. The predicted octanol–water partition coefficient (Wildman–Crippen LogP) is 3.98. The minimum atomic E-state index is -0.473. The smallest absolute Gasteiger partial charge is 0.148 e. The Morgan fingerprint density at radius 2 is 2.15 bits per heavy atom. The molecule has 1 aliphatic rings. The van der Waals surface area contributed by atoms with Gasteiger partial charge in [0.15, 0.2) is 0 Å². The van der Waals surface area contributed by atoms with Crippen LogP contribution in [0.2, 0.25) is 5.02 Å². The number of aromatic nitrogens is 1. The molecule has 20 heavy (non-hydrogen) atoms. The van der Waals surface area contributed by atoms with Gasteiger partial charge in [-0.15, -0.1) is 0 Å². The Bertz CT molecular complexity index is 722. The van der Waals surface area contributed by atoms with Crippen LogP contribution in [-0.2, 0) is 12.8 Å². The molecule has 1 N–H and O–H groups in total. The first-order chi connectivity index (χ1) is 9.67. The molecule has 3 nitrogen and oxygen atoms in total. The molecule has 100 valence electrons. The number of halogens is 2. The Kier molecular flexibility index (Phi) is 3.29. The average molecular weight is 288 g/mol. The van der Waals surface area contributed by atoms with E-state index in [9.17, 15) is 9.65 Å². The quantitative estimate of drug-likeness (QED) is 0.909. The molecular weight excluding hydrogens is 277 g/mol. The number of anilines is 2. The van der Waals surface area contributed by atoms with Crippen LogP contribution in [-0.4, -0.2) is 4.98 Å². The van der Waals surface area contributed by atoms with Crippen molar-refractivity contribution in [1.82, 2.24) is 4.98 Å². The fourth-order valence-electron chi connectivity index (χ4n) is 2.36. The molecular formula is C15H11ClFN3. The zero-order chi connectivity index (χ0) is 14.1.